The molecule has 9 nitrogen and oxygen atoms in total. The van der Waals surface area contributed by atoms with E-state index in [9.17, 15) is 18.0 Å². The summed E-state index contributed by atoms with van der Waals surface area (Å²) in [6.45, 7) is 2.95. The average Bonchev–Trinajstić information content (AvgIpc) is 2.82. The van der Waals surface area contributed by atoms with Gasteiger partial charge in [0.05, 0.1) is 23.7 Å². The third kappa shape index (κ3) is 5.99. The zero-order valence-electron chi connectivity index (χ0n) is 18.9. The van der Waals surface area contributed by atoms with Crippen LogP contribution in [0.15, 0.2) is 23.1 Å². The maximum atomic E-state index is 13.0. The van der Waals surface area contributed by atoms with Crippen LogP contribution in [0.25, 0.3) is 0 Å². The summed E-state index contributed by atoms with van der Waals surface area (Å²) in [5.41, 5.74) is 0.975. The summed E-state index contributed by atoms with van der Waals surface area (Å²) in [6.07, 6.45) is 5.22. The Morgan fingerprint density at radius 2 is 1.72 bits per heavy atom. The molecular weight excluding hydrogens is 432 g/mol. The predicted octanol–water partition coefficient (Wildman–Crippen LogP) is 1.20. The molecular formula is C22H34N4O5S. The van der Waals surface area contributed by atoms with Crippen LogP contribution in [0.4, 0.5) is 5.69 Å². The first-order chi connectivity index (χ1) is 15.3. The van der Waals surface area contributed by atoms with Crippen LogP contribution in [0.5, 0.6) is 0 Å². The molecule has 10 heteroatoms. The maximum absolute atomic E-state index is 13.0. The minimum absolute atomic E-state index is 0.0482. The van der Waals surface area contributed by atoms with Gasteiger partial charge in [-0.05, 0) is 31.0 Å². The van der Waals surface area contributed by atoms with Crippen LogP contribution in [0.1, 0.15) is 42.5 Å². The molecule has 3 rings (SSSR count). The molecule has 1 saturated heterocycles. The second-order valence-corrected chi connectivity index (χ2v) is 10.6. The summed E-state index contributed by atoms with van der Waals surface area (Å²) < 4.78 is 31.7. The first-order valence-corrected chi connectivity index (χ1v) is 12.7. The molecule has 1 heterocycles. The van der Waals surface area contributed by atoms with Crippen LogP contribution in [-0.4, -0.2) is 78.0 Å². The number of hydrogen-bond donors (Lipinski definition) is 2. The van der Waals surface area contributed by atoms with Gasteiger partial charge in [-0.15, -0.1) is 0 Å². The Kier molecular flexibility index (Phi) is 8.50. The number of benzene rings is 1. The number of ether oxygens (including phenoxy) is 1. The van der Waals surface area contributed by atoms with E-state index in [1.165, 1.54) is 32.6 Å². The van der Waals surface area contributed by atoms with Gasteiger partial charge < -0.3 is 20.3 Å². The van der Waals surface area contributed by atoms with Crippen LogP contribution in [0, 0.1) is 5.92 Å². The first-order valence-electron chi connectivity index (χ1n) is 11.3. The Balaban J connectivity index is 1.68. The second-order valence-electron chi connectivity index (χ2n) is 8.45. The van der Waals surface area contributed by atoms with Crippen molar-refractivity contribution in [1.82, 2.24) is 14.9 Å². The van der Waals surface area contributed by atoms with Crippen molar-refractivity contribution in [2.24, 2.45) is 5.92 Å². The highest BCUT2D eigenvalue weighted by Crippen LogP contribution is 2.26. The fourth-order valence-corrected chi connectivity index (χ4v) is 5.04. The molecule has 1 aliphatic heterocycles. The maximum Gasteiger partial charge on any atom is 0.253 e. The lowest BCUT2D eigenvalue weighted by molar-refractivity contribution is -0.125. The Hall–Kier alpha value is -2.17. The van der Waals surface area contributed by atoms with Crippen molar-refractivity contribution >= 4 is 27.5 Å². The minimum atomic E-state index is -3.68. The van der Waals surface area contributed by atoms with Crippen LogP contribution in [0.3, 0.4) is 0 Å². The molecule has 0 spiro atoms. The highest BCUT2D eigenvalue weighted by molar-refractivity contribution is 7.89. The SMILES string of the molecule is CN(C)S(=O)(=O)c1ccc(N2CCOCC2)c(C(=O)NCCNC(=O)C2CCCCC2)c1. The number of nitrogens with one attached hydrogen (secondary N) is 2. The largest absolute Gasteiger partial charge is 0.378 e. The summed E-state index contributed by atoms with van der Waals surface area (Å²) in [5, 5.41) is 5.73. The van der Waals surface area contributed by atoms with Gasteiger partial charge >= 0.3 is 0 Å². The lowest BCUT2D eigenvalue weighted by Gasteiger charge is -2.30. The Labute approximate surface area is 190 Å². The lowest BCUT2D eigenvalue weighted by Crippen LogP contribution is -2.40. The third-order valence-corrected chi connectivity index (χ3v) is 7.84. The van der Waals surface area contributed by atoms with Crippen LogP contribution in [-0.2, 0) is 19.6 Å². The van der Waals surface area contributed by atoms with Gasteiger partial charge in [0.1, 0.15) is 0 Å². The highest BCUT2D eigenvalue weighted by Gasteiger charge is 2.24. The fourth-order valence-electron chi connectivity index (χ4n) is 4.11. The number of rotatable bonds is 8. The van der Waals surface area contributed by atoms with Crippen molar-refractivity contribution < 1.29 is 22.7 Å². The monoisotopic (exact) mass is 466 g/mol. The Bertz CT molecular complexity index is 907. The number of nitrogens with zero attached hydrogens (tertiary/aromatic N) is 2. The van der Waals surface area contributed by atoms with E-state index >= 15 is 0 Å². The Morgan fingerprint density at radius 3 is 2.38 bits per heavy atom. The van der Waals surface area contributed by atoms with E-state index < -0.39 is 10.0 Å². The smallest absolute Gasteiger partial charge is 0.253 e. The Morgan fingerprint density at radius 1 is 1.06 bits per heavy atom. The number of amides is 2. The van der Waals surface area contributed by atoms with Gasteiger partial charge in [-0.2, -0.15) is 0 Å². The summed E-state index contributed by atoms with van der Waals surface area (Å²) in [4.78, 5) is 27.4. The molecule has 0 aromatic heterocycles. The molecule has 0 atom stereocenters. The fraction of sp³-hybridized carbons (Fsp3) is 0.636. The van der Waals surface area contributed by atoms with Gasteiger partial charge in [0, 0.05) is 51.9 Å². The molecule has 32 heavy (non-hydrogen) atoms. The van der Waals surface area contributed by atoms with Gasteiger partial charge in [0.2, 0.25) is 15.9 Å². The number of hydrogen-bond acceptors (Lipinski definition) is 6. The van der Waals surface area contributed by atoms with E-state index in [1.54, 1.807) is 6.07 Å². The third-order valence-electron chi connectivity index (χ3n) is 6.03. The summed E-state index contributed by atoms with van der Waals surface area (Å²) in [7, 11) is -0.760. The molecule has 1 aliphatic carbocycles. The number of sulfonamides is 1. The molecule has 1 aromatic rings. The topological polar surface area (TPSA) is 108 Å². The van der Waals surface area contributed by atoms with Crippen molar-refractivity contribution in [3.05, 3.63) is 23.8 Å². The molecule has 2 N–H and O–H groups in total. The second kappa shape index (κ2) is 11.1. The summed E-state index contributed by atoms with van der Waals surface area (Å²) >= 11 is 0. The number of anilines is 1. The van der Waals surface area contributed by atoms with E-state index in [0.717, 1.165) is 30.0 Å². The van der Waals surface area contributed by atoms with Crippen molar-refractivity contribution in [1.29, 1.82) is 0 Å². The van der Waals surface area contributed by atoms with Crippen molar-refractivity contribution in [3.8, 4) is 0 Å². The zero-order chi connectivity index (χ0) is 23.1. The molecule has 178 valence electrons. The normalized spacial score (nSPS) is 17.9. The van der Waals surface area contributed by atoms with E-state index in [0.29, 0.717) is 44.1 Å². The number of morpholine rings is 1. The van der Waals surface area contributed by atoms with Gasteiger partial charge in [-0.3, -0.25) is 9.59 Å². The molecule has 1 aromatic carbocycles. The van der Waals surface area contributed by atoms with Crippen molar-refractivity contribution in [3.63, 3.8) is 0 Å². The van der Waals surface area contributed by atoms with Crippen LogP contribution < -0.4 is 15.5 Å². The van der Waals surface area contributed by atoms with Crippen molar-refractivity contribution in [2.75, 3.05) is 58.4 Å². The van der Waals surface area contributed by atoms with E-state index in [1.807, 2.05) is 4.90 Å². The number of carbonyl (C=O) groups excluding carboxylic acids is 2. The van der Waals surface area contributed by atoms with Gasteiger partial charge in [0.15, 0.2) is 0 Å². The minimum Gasteiger partial charge on any atom is -0.378 e. The number of carbonyl (C=O) groups is 2. The molecule has 2 fully saturated rings. The van der Waals surface area contributed by atoms with E-state index in [2.05, 4.69) is 10.6 Å². The molecule has 0 bridgehead atoms. The summed E-state index contributed by atoms with van der Waals surface area (Å²) in [5.74, 6) is -0.249. The van der Waals surface area contributed by atoms with E-state index in [-0.39, 0.29) is 29.2 Å². The molecule has 0 unspecified atom stereocenters. The van der Waals surface area contributed by atoms with Crippen LogP contribution in [0.2, 0.25) is 0 Å². The average molecular weight is 467 g/mol. The lowest BCUT2D eigenvalue weighted by atomic mass is 9.89. The molecule has 2 aliphatic rings. The zero-order valence-corrected chi connectivity index (χ0v) is 19.7. The van der Waals surface area contributed by atoms with Gasteiger partial charge in [0.25, 0.3) is 5.91 Å². The standard InChI is InChI=1S/C22H34N4O5S/c1-25(2)32(29,30)18-8-9-20(26-12-14-31-15-13-26)19(16-18)22(28)24-11-10-23-21(27)17-6-4-3-5-7-17/h8-9,16-17H,3-7,10-15H2,1-2H3,(H,23,27)(H,24,28). The first kappa shape index (κ1) is 24.5. The molecule has 0 radical (unpaired) electrons. The predicted molar refractivity (Wildman–Crippen MR) is 122 cm³/mol. The summed E-state index contributed by atoms with van der Waals surface area (Å²) in [6, 6.07) is 4.64. The highest BCUT2D eigenvalue weighted by atomic mass is 32.2. The molecule has 2 amide bonds. The quantitative estimate of drug-likeness (QED) is 0.558. The van der Waals surface area contributed by atoms with Crippen molar-refractivity contribution in [2.45, 2.75) is 37.0 Å². The van der Waals surface area contributed by atoms with Gasteiger partial charge in [-0.1, -0.05) is 19.3 Å². The molecule has 1 saturated carbocycles. The van der Waals surface area contributed by atoms with Gasteiger partial charge in [-0.25, -0.2) is 12.7 Å². The van der Waals surface area contributed by atoms with E-state index in [4.69, 9.17) is 4.74 Å². The van der Waals surface area contributed by atoms with Crippen LogP contribution >= 0.6 is 0 Å².